The number of benzene rings is 1. The van der Waals surface area contributed by atoms with Gasteiger partial charge in [-0.3, -0.25) is 0 Å². The highest BCUT2D eigenvalue weighted by atomic mass is 35.5. The predicted molar refractivity (Wildman–Crippen MR) is 79.9 cm³/mol. The lowest BCUT2D eigenvalue weighted by atomic mass is 10.2. The molecular weight excluding hydrogens is 260 g/mol. The van der Waals surface area contributed by atoms with E-state index in [9.17, 15) is 0 Å². The topological polar surface area (TPSA) is 27.1 Å². The van der Waals surface area contributed by atoms with E-state index in [-0.39, 0.29) is 11.4 Å². The van der Waals surface area contributed by atoms with Crippen LogP contribution in [0, 0.1) is 6.92 Å². The summed E-state index contributed by atoms with van der Waals surface area (Å²) in [5.74, 6) is 0.912. The summed E-state index contributed by atoms with van der Waals surface area (Å²) in [6, 6.07) is 6.52. The lowest BCUT2D eigenvalue weighted by molar-refractivity contribution is 0.119. The minimum atomic E-state index is -0.114. The molecule has 2 aromatic rings. The van der Waals surface area contributed by atoms with Crippen molar-refractivity contribution < 1.29 is 4.74 Å². The molecule has 1 aromatic carbocycles. The van der Waals surface area contributed by atoms with Gasteiger partial charge in [0.25, 0.3) is 0 Å². The number of imidazole rings is 1. The minimum Gasteiger partial charge on any atom is -0.380 e. The lowest BCUT2D eigenvalue weighted by Gasteiger charge is -2.18. The Labute approximate surface area is 119 Å². The van der Waals surface area contributed by atoms with Crippen LogP contribution in [0.4, 0.5) is 0 Å². The molecule has 0 amide bonds. The van der Waals surface area contributed by atoms with Crippen molar-refractivity contribution in [3.8, 4) is 0 Å². The van der Waals surface area contributed by atoms with E-state index >= 15 is 0 Å². The summed E-state index contributed by atoms with van der Waals surface area (Å²) < 4.78 is 7.75. The van der Waals surface area contributed by atoms with Gasteiger partial charge in [0.2, 0.25) is 0 Å². The van der Waals surface area contributed by atoms with Crippen molar-refractivity contribution in [2.24, 2.45) is 0 Å². The molecule has 2 atom stereocenters. The van der Waals surface area contributed by atoms with Crippen molar-refractivity contribution in [1.29, 1.82) is 0 Å². The number of fused-ring (bicyclic) bond motifs is 1. The fourth-order valence-electron chi connectivity index (χ4n) is 2.33. The van der Waals surface area contributed by atoms with Crippen LogP contribution in [-0.2, 0) is 4.74 Å². The Morgan fingerprint density at radius 3 is 2.74 bits per heavy atom. The molecule has 0 aliphatic rings. The van der Waals surface area contributed by atoms with Gasteiger partial charge in [0.05, 0.1) is 29.1 Å². The second-order valence-corrected chi connectivity index (χ2v) is 5.61. The van der Waals surface area contributed by atoms with Crippen LogP contribution < -0.4 is 0 Å². The highest BCUT2D eigenvalue weighted by Crippen LogP contribution is 2.28. The van der Waals surface area contributed by atoms with Gasteiger partial charge in [-0.15, -0.1) is 11.6 Å². The quantitative estimate of drug-likeness (QED) is 0.766. The van der Waals surface area contributed by atoms with Crippen LogP contribution in [0.15, 0.2) is 18.2 Å². The number of aromatic nitrogens is 2. The summed E-state index contributed by atoms with van der Waals surface area (Å²) in [6.45, 7) is 9.59. The Bertz CT molecular complexity index is 563. The highest BCUT2D eigenvalue weighted by Gasteiger charge is 2.19. The number of ether oxygens (including phenoxy) is 1. The monoisotopic (exact) mass is 280 g/mol. The summed E-state index contributed by atoms with van der Waals surface area (Å²) in [7, 11) is 0. The maximum absolute atomic E-state index is 6.27. The van der Waals surface area contributed by atoms with Crippen molar-refractivity contribution in [2.75, 3.05) is 13.2 Å². The van der Waals surface area contributed by atoms with Gasteiger partial charge in [0.1, 0.15) is 5.82 Å². The summed E-state index contributed by atoms with van der Waals surface area (Å²) in [5, 5.41) is -0.114. The molecule has 3 nitrogen and oxygen atoms in total. The second kappa shape index (κ2) is 5.93. The Hall–Kier alpha value is -1.06. The third-order valence-corrected chi connectivity index (χ3v) is 3.43. The third kappa shape index (κ3) is 2.93. The number of nitrogens with zero attached hydrogens (tertiary/aromatic N) is 2. The lowest BCUT2D eigenvalue weighted by Crippen LogP contribution is -2.15. The van der Waals surface area contributed by atoms with Gasteiger partial charge in [-0.1, -0.05) is 6.07 Å². The molecule has 0 saturated carbocycles. The summed E-state index contributed by atoms with van der Waals surface area (Å²) in [5.41, 5.74) is 3.36. The van der Waals surface area contributed by atoms with Gasteiger partial charge in [-0.05, 0) is 45.4 Å². The summed E-state index contributed by atoms with van der Waals surface area (Å²) in [4.78, 5) is 4.66. The zero-order chi connectivity index (χ0) is 14.0. The van der Waals surface area contributed by atoms with Crippen molar-refractivity contribution in [2.45, 2.75) is 39.1 Å². The number of alkyl halides is 1. The molecule has 0 spiro atoms. The number of hydrogen-bond donors (Lipinski definition) is 0. The van der Waals surface area contributed by atoms with Crippen molar-refractivity contribution >= 4 is 22.6 Å². The Kier molecular flexibility index (Phi) is 4.48. The van der Waals surface area contributed by atoms with Crippen LogP contribution in [0.5, 0.6) is 0 Å². The van der Waals surface area contributed by atoms with Crippen molar-refractivity contribution in [3.63, 3.8) is 0 Å². The standard InChI is InChI=1S/C15H21ClN2O/c1-5-19-9-11(3)18-14-8-10(2)6-7-13(14)17-15(18)12(4)16/h6-8,11-12H,5,9H2,1-4H3. The minimum absolute atomic E-state index is 0.114. The van der Waals surface area contributed by atoms with Gasteiger partial charge in [-0.2, -0.15) is 0 Å². The Balaban J connectivity index is 2.53. The Morgan fingerprint density at radius 1 is 1.37 bits per heavy atom. The van der Waals surface area contributed by atoms with Crippen LogP contribution >= 0.6 is 11.6 Å². The highest BCUT2D eigenvalue weighted by molar-refractivity contribution is 6.20. The first-order valence-corrected chi connectivity index (χ1v) is 7.18. The molecule has 0 fully saturated rings. The average Bonchev–Trinajstić information content (AvgIpc) is 2.74. The number of halogens is 1. The average molecular weight is 281 g/mol. The number of rotatable bonds is 5. The van der Waals surface area contributed by atoms with E-state index in [2.05, 4.69) is 41.6 Å². The normalized spacial score (nSPS) is 14.8. The van der Waals surface area contributed by atoms with Gasteiger partial charge in [-0.25, -0.2) is 4.98 Å². The first-order chi connectivity index (χ1) is 9.04. The van der Waals surface area contributed by atoms with Crippen LogP contribution in [0.3, 0.4) is 0 Å². The Morgan fingerprint density at radius 2 is 2.11 bits per heavy atom. The molecule has 0 radical (unpaired) electrons. The fourth-order valence-corrected chi connectivity index (χ4v) is 2.48. The van der Waals surface area contributed by atoms with E-state index in [0.29, 0.717) is 6.61 Å². The molecular formula is C15H21ClN2O. The fraction of sp³-hybridized carbons (Fsp3) is 0.533. The van der Waals surface area contributed by atoms with Crippen molar-refractivity contribution in [3.05, 3.63) is 29.6 Å². The van der Waals surface area contributed by atoms with Gasteiger partial charge >= 0.3 is 0 Å². The largest absolute Gasteiger partial charge is 0.380 e. The zero-order valence-electron chi connectivity index (χ0n) is 12.0. The van der Waals surface area contributed by atoms with E-state index in [1.165, 1.54) is 5.56 Å². The SMILES string of the molecule is CCOCC(C)n1c(C(C)Cl)nc2ccc(C)cc21. The molecule has 2 rings (SSSR count). The zero-order valence-corrected chi connectivity index (χ0v) is 12.7. The second-order valence-electron chi connectivity index (χ2n) is 4.96. The molecule has 1 aromatic heterocycles. The van der Waals surface area contributed by atoms with E-state index in [0.717, 1.165) is 23.5 Å². The van der Waals surface area contributed by atoms with Gasteiger partial charge in [0, 0.05) is 6.61 Å². The van der Waals surface area contributed by atoms with Crippen LogP contribution in [0.2, 0.25) is 0 Å². The van der Waals surface area contributed by atoms with Crippen LogP contribution in [0.25, 0.3) is 11.0 Å². The summed E-state index contributed by atoms with van der Waals surface area (Å²) in [6.07, 6.45) is 0. The van der Waals surface area contributed by atoms with Crippen molar-refractivity contribution in [1.82, 2.24) is 9.55 Å². The number of hydrogen-bond acceptors (Lipinski definition) is 2. The van der Waals surface area contributed by atoms with Gasteiger partial charge in [0.15, 0.2) is 0 Å². The molecule has 0 aliphatic heterocycles. The van der Waals surface area contributed by atoms with E-state index in [1.54, 1.807) is 0 Å². The molecule has 4 heteroatoms. The first kappa shape index (κ1) is 14.4. The molecule has 0 bridgehead atoms. The van der Waals surface area contributed by atoms with E-state index in [1.807, 2.05) is 13.8 Å². The molecule has 2 unspecified atom stereocenters. The first-order valence-electron chi connectivity index (χ1n) is 6.74. The van der Waals surface area contributed by atoms with Crippen LogP contribution in [-0.4, -0.2) is 22.8 Å². The van der Waals surface area contributed by atoms with Gasteiger partial charge < -0.3 is 9.30 Å². The third-order valence-electron chi connectivity index (χ3n) is 3.23. The molecule has 0 N–H and O–H groups in total. The molecule has 19 heavy (non-hydrogen) atoms. The molecule has 1 heterocycles. The number of aryl methyl sites for hydroxylation is 1. The summed E-state index contributed by atoms with van der Waals surface area (Å²) >= 11 is 6.27. The maximum atomic E-state index is 6.27. The van der Waals surface area contributed by atoms with E-state index in [4.69, 9.17) is 16.3 Å². The smallest absolute Gasteiger partial charge is 0.128 e. The van der Waals surface area contributed by atoms with E-state index < -0.39 is 0 Å². The maximum Gasteiger partial charge on any atom is 0.128 e. The predicted octanol–water partition coefficient (Wildman–Crippen LogP) is 4.24. The molecule has 0 aliphatic carbocycles. The molecule has 0 saturated heterocycles. The van der Waals surface area contributed by atoms with Crippen LogP contribution in [0.1, 0.15) is 43.6 Å². The molecule has 104 valence electrons.